The molecular weight excluding hydrogens is 497 g/mol. The molecule has 34 heavy (non-hydrogen) atoms. The molecule has 0 aliphatic rings. The summed E-state index contributed by atoms with van der Waals surface area (Å²) in [5.41, 5.74) is 2.35. The summed E-state index contributed by atoms with van der Waals surface area (Å²) in [6.07, 6.45) is 1.79. The van der Waals surface area contributed by atoms with E-state index in [1.54, 1.807) is 51.1 Å². The lowest BCUT2D eigenvalue weighted by Gasteiger charge is -2.32. The highest BCUT2D eigenvalue weighted by Gasteiger charge is 2.31. The number of benzene rings is 2. The summed E-state index contributed by atoms with van der Waals surface area (Å²) in [6.45, 7) is 7.01. The number of anilines is 1. The van der Waals surface area contributed by atoms with Gasteiger partial charge in [0.15, 0.2) is 0 Å². The number of aryl methyl sites for hydroxylation is 2. The zero-order valence-corrected chi connectivity index (χ0v) is 22.4. The third-order valence-electron chi connectivity index (χ3n) is 5.47. The molecule has 0 radical (unpaired) electrons. The Bertz CT molecular complexity index is 1110. The molecular formula is C24H31Cl2N3O4S. The van der Waals surface area contributed by atoms with Crippen LogP contribution in [0.15, 0.2) is 36.4 Å². The fraction of sp³-hybridized carbons (Fsp3) is 0.417. The van der Waals surface area contributed by atoms with Crippen molar-refractivity contribution in [1.82, 2.24) is 10.2 Å². The molecule has 0 heterocycles. The second-order valence-electron chi connectivity index (χ2n) is 8.20. The van der Waals surface area contributed by atoms with Crippen LogP contribution in [0, 0.1) is 13.8 Å². The van der Waals surface area contributed by atoms with Gasteiger partial charge in [0.1, 0.15) is 12.6 Å². The maximum atomic E-state index is 13.6. The highest BCUT2D eigenvalue weighted by Crippen LogP contribution is 2.29. The van der Waals surface area contributed by atoms with E-state index in [1.165, 1.54) is 4.90 Å². The number of amides is 2. The summed E-state index contributed by atoms with van der Waals surface area (Å²) in [6, 6.07) is 9.48. The summed E-state index contributed by atoms with van der Waals surface area (Å²) in [5, 5.41) is 3.48. The predicted molar refractivity (Wildman–Crippen MR) is 138 cm³/mol. The van der Waals surface area contributed by atoms with Crippen LogP contribution in [0.3, 0.4) is 0 Å². The van der Waals surface area contributed by atoms with E-state index in [2.05, 4.69) is 5.32 Å². The fourth-order valence-corrected chi connectivity index (χ4v) is 5.09. The van der Waals surface area contributed by atoms with Crippen molar-refractivity contribution < 1.29 is 18.0 Å². The Labute approximate surface area is 212 Å². The van der Waals surface area contributed by atoms with Gasteiger partial charge in [-0.2, -0.15) is 0 Å². The molecule has 0 aliphatic carbocycles. The fourth-order valence-electron chi connectivity index (χ4n) is 3.61. The van der Waals surface area contributed by atoms with Gasteiger partial charge in [-0.1, -0.05) is 54.4 Å². The number of carbonyl (C=O) groups excluding carboxylic acids is 2. The molecule has 0 aliphatic heterocycles. The molecule has 10 heteroatoms. The van der Waals surface area contributed by atoms with Crippen molar-refractivity contribution in [3.05, 3.63) is 63.1 Å². The van der Waals surface area contributed by atoms with Crippen molar-refractivity contribution in [3.8, 4) is 0 Å². The molecule has 2 amide bonds. The van der Waals surface area contributed by atoms with Gasteiger partial charge >= 0.3 is 0 Å². The Kier molecular flexibility index (Phi) is 9.79. The van der Waals surface area contributed by atoms with Gasteiger partial charge < -0.3 is 10.2 Å². The third kappa shape index (κ3) is 6.87. The van der Waals surface area contributed by atoms with Gasteiger partial charge in [-0.05, 0) is 50.5 Å². The highest BCUT2D eigenvalue weighted by atomic mass is 35.5. The number of carbonyl (C=O) groups is 2. The zero-order valence-electron chi connectivity index (χ0n) is 20.1. The average Bonchev–Trinajstić information content (AvgIpc) is 2.75. The van der Waals surface area contributed by atoms with Crippen molar-refractivity contribution in [2.75, 3.05) is 23.7 Å². The van der Waals surface area contributed by atoms with E-state index >= 15 is 0 Å². The molecule has 186 valence electrons. The van der Waals surface area contributed by atoms with Crippen LogP contribution in [0.1, 0.15) is 37.0 Å². The maximum Gasteiger partial charge on any atom is 0.244 e. The summed E-state index contributed by atoms with van der Waals surface area (Å²) in [7, 11) is -3.81. The number of hydrogen-bond acceptors (Lipinski definition) is 4. The first-order chi connectivity index (χ1) is 15.9. The minimum atomic E-state index is -3.81. The lowest BCUT2D eigenvalue weighted by Crippen LogP contribution is -2.51. The molecule has 0 saturated carbocycles. The molecule has 0 spiro atoms. The van der Waals surface area contributed by atoms with E-state index in [9.17, 15) is 18.0 Å². The van der Waals surface area contributed by atoms with Gasteiger partial charge in [-0.15, -0.1) is 0 Å². The van der Waals surface area contributed by atoms with Gasteiger partial charge in [0.2, 0.25) is 21.8 Å². The number of nitrogens with zero attached hydrogens (tertiary/aromatic N) is 2. The molecule has 1 atom stereocenters. The van der Waals surface area contributed by atoms with Crippen LogP contribution in [0.2, 0.25) is 10.0 Å². The monoisotopic (exact) mass is 527 g/mol. The SMILES string of the molecule is CCCNC(=O)[C@H](C)N(Cc1c(Cl)cccc1Cl)C(=O)CN(c1c(C)cccc1C)S(C)(=O)=O. The molecule has 0 fully saturated rings. The maximum absolute atomic E-state index is 13.6. The van der Waals surface area contributed by atoms with E-state index in [-0.39, 0.29) is 12.5 Å². The van der Waals surface area contributed by atoms with Gasteiger partial charge in [-0.25, -0.2) is 8.42 Å². The van der Waals surface area contributed by atoms with Crippen molar-refractivity contribution >= 4 is 50.7 Å². The van der Waals surface area contributed by atoms with E-state index in [1.807, 2.05) is 13.0 Å². The van der Waals surface area contributed by atoms with Crippen LogP contribution >= 0.6 is 23.2 Å². The molecule has 7 nitrogen and oxygen atoms in total. The van der Waals surface area contributed by atoms with Crippen LogP contribution < -0.4 is 9.62 Å². The lowest BCUT2D eigenvalue weighted by atomic mass is 10.1. The standard InChI is InChI=1S/C24H31Cl2N3O4S/c1-6-13-27-24(31)18(4)28(14-19-20(25)11-8-12-21(19)26)22(30)15-29(34(5,32)33)23-16(2)9-7-10-17(23)3/h7-12,18H,6,13-15H2,1-5H3,(H,27,31)/t18-/m0/s1. The van der Waals surface area contributed by atoms with Crippen LogP contribution in [-0.2, 0) is 26.2 Å². The minimum Gasteiger partial charge on any atom is -0.354 e. The Balaban J connectivity index is 2.49. The summed E-state index contributed by atoms with van der Waals surface area (Å²) in [4.78, 5) is 27.7. The van der Waals surface area contributed by atoms with Gasteiger partial charge in [0.05, 0.1) is 11.9 Å². The molecule has 1 N–H and O–H groups in total. The Morgan fingerprint density at radius 1 is 1.03 bits per heavy atom. The molecule has 2 aromatic rings. The quantitative estimate of drug-likeness (QED) is 0.498. The third-order valence-corrected chi connectivity index (χ3v) is 7.30. The first-order valence-electron chi connectivity index (χ1n) is 10.9. The normalized spacial score (nSPS) is 12.2. The minimum absolute atomic E-state index is 0.0532. The second-order valence-corrected chi connectivity index (χ2v) is 10.9. The largest absolute Gasteiger partial charge is 0.354 e. The van der Waals surface area contributed by atoms with Gasteiger partial charge in [0.25, 0.3) is 0 Å². The summed E-state index contributed by atoms with van der Waals surface area (Å²) < 4.78 is 26.6. The first kappa shape index (κ1) is 28.0. The Morgan fingerprint density at radius 3 is 2.06 bits per heavy atom. The van der Waals surface area contributed by atoms with Crippen LogP contribution in [0.5, 0.6) is 0 Å². The van der Waals surface area contributed by atoms with E-state index < -0.39 is 28.5 Å². The van der Waals surface area contributed by atoms with E-state index in [0.717, 1.165) is 17.0 Å². The number of para-hydroxylation sites is 1. The number of nitrogens with one attached hydrogen (secondary N) is 1. The number of rotatable bonds is 10. The molecule has 0 aromatic heterocycles. The summed E-state index contributed by atoms with van der Waals surface area (Å²) in [5.74, 6) is -0.903. The van der Waals surface area contributed by atoms with Crippen molar-refractivity contribution in [1.29, 1.82) is 0 Å². The van der Waals surface area contributed by atoms with E-state index in [0.29, 0.717) is 39.0 Å². The van der Waals surface area contributed by atoms with Crippen molar-refractivity contribution in [3.63, 3.8) is 0 Å². The number of sulfonamides is 1. The number of halogens is 2. The lowest BCUT2D eigenvalue weighted by molar-refractivity contribution is -0.139. The van der Waals surface area contributed by atoms with Crippen molar-refractivity contribution in [2.45, 2.75) is 46.7 Å². The second kappa shape index (κ2) is 11.9. The van der Waals surface area contributed by atoms with Gasteiger partial charge in [0, 0.05) is 28.7 Å². The predicted octanol–water partition coefficient (Wildman–Crippen LogP) is 4.32. The van der Waals surface area contributed by atoms with E-state index in [4.69, 9.17) is 23.2 Å². The first-order valence-corrected chi connectivity index (χ1v) is 13.5. The molecule has 2 aromatic carbocycles. The summed E-state index contributed by atoms with van der Waals surface area (Å²) >= 11 is 12.7. The molecule has 0 unspecified atom stereocenters. The molecule has 0 bridgehead atoms. The highest BCUT2D eigenvalue weighted by molar-refractivity contribution is 7.92. The number of hydrogen-bond donors (Lipinski definition) is 1. The zero-order chi connectivity index (χ0) is 25.6. The Morgan fingerprint density at radius 2 is 1.56 bits per heavy atom. The van der Waals surface area contributed by atoms with Crippen LogP contribution in [-0.4, -0.2) is 50.5 Å². The topological polar surface area (TPSA) is 86.8 Å². The Hall–Kier alpha value is -2.29. The smallest absolute Gasteiger partial charge is 0.244 e. The molecule has 0 saturated heterocycles. The average molecular weight is 529 g/mol. The molecule has 2 rings (SSSR count). The van der Waals surface area contributed by atoms with Crippen molar-refractivity contribution in [2.24, 2.45) is 0 Å². The van der Waals surface area contributed by atoms with Crippen LogP contribution in [0.4, 0.5) is 5.69 Å². The van der Waals surface area contributed by atoms with Crippen LogP contribution in [0.25, 0.3) is 0 Å². The van der Waals surface area contributed by atoms with Gasteiger partial charge in [-0.3, -0.25) is 13.9 Å².